The van der Waals surface area contributed by atoms with E-state index in [0.717, 1.165) is 5.56 Å². The zero-order valence-corrected chi connectivity index (χ0v) is 16.3. The van der Waals surface area contributed by atoms with Gasteiger partial charge in [0.15, 0.2) is 0 Å². The highest BCUT2D eigenvalue weighted by Crippen LogP contribution is 2.20. The van der Waals surface area contributed by atoms with Crippen LogP contribution in [0, 0.1) is 0 Å². The minimum Gasteiger partial charge on any atom is -0.492 e. The van der Waals surface area contributed by atoms with Crippen LogP contribution in [-0.4, -0.2) is 38.3 Å². The van der Waals surface area contributed by atoms with Crippen molar-refractivity contribution in [2.24, 2.45) is 0 Å². The van der Waals surface area contributed by atoms with E-state index in [-0.39, 0.29) is 5.69 Å². The summed E-state index contributed by atoms with van der Waals surface area (Å²) in [7, 11) is 0. The van der Waals surface area contributed by atoms with E-state index in [1.807, 2.05) is 6.07 Å². The largest absolute Gasteiger partial charge is 0.492 e. The Morgan fingerprint density at radius 2 is 1.87 bits per heavy atom. The van der Waals surface area contributed by atoms with Crippen molar-refractivity contribution in [3.8, 4) is 5.88 Å². The van der Waals surface area contributed by atoms with Gasteiger partial charge >= 0.3 is 12.0 Å². The van der Waals surface area contributed by atoms with Crippen molar-refractivity contribution < 1.29 is 19.8 Å². The zero-order chi connectivity index (χ0) is 21.5. The molecule has 0 aliphatic rings. The van der Waals surface area contributed by atoms with Crippen molar-refractivity contribution in [1.29, 1.82) is 0 Å². The number of aromatic hydroxyl groups is 1. The molecule has 10 heteroatoms. The molecule has 0 fully saturated rings. The number of nitrogens with zero attached hydrogens (tertiary/aromatic N) is 2. The summed E-state index contributed by atoms with van der Waals surface area (Å²) in [6, 6.07) is 14.8. The van der Waals surface area contributed by atoms with Crippen molar-refractivity contribution in [2.45, 2.75) is 12.6 Å². The van der Waals surface area contributed by atoms with E-state index in [9.17, 15) is 19.8 Å². The van der Waals surface area contributed by atoms with Gasteiger partial charge in [0.2, 0.25) is 12.0 Å². The molecule has 5 N–H and O–H groups in total. The molecule has 0 aliphatic carbocycles. The lowest BCUT2D eigenvalue weighted by molar-refractivity contribution is -0.138. The average Bonchev–Trinajstić information content (AvgIpc) is 2.70. The van der Waals surface area contributed by atoms with Crippen molar-refractivity contribution in [1.82, 2.24) is 15.3 Å². The maximum absolute atomic E-state index is 12.2. The molecule has 1 heterocycles. The van der Waals surface area contributed by atoms with Gasteiger partial charge in [-0.25, -0.2) is 14.6 Å². The van der Waals surface area contributed by atoms with Gasteiger partial charge in [-0.15, -0.1) is 0 Å². The van der Waals surface area contributed by atoms with Crippen LogP contribution in [0.15, 0.2) is 60.8 Å². The standard InChI is InChI=1S/C20H18ClN5O4/c21-13-6-4-5-12(9-13)10-16-22-11-15(18(27)25-16)24-20(30)26-17(19(28)29)23-14-7-2-1-3-8-14/h1-9,11,17,23H,10H2,(H,28,29)(H,22,25,27)(H2,24,26,30)/t17-/m0/s1. The zero-order valence-electron chi connectivity index (χ0n) is 15.5. The van der Waals surface area contributed by atoms with Crippen molar-refractivity contribution in [2.75, 3.05) is 10.6 Å². The number of amides is 2. The Balaban J connectivity index is 1.63. The summed E-state index contributed by atoms with van der Waals surface area (Å²) in [6.45, 7) is 0. The van der Waals surface area contributed by atoms with E-state index >= 15 is 0 Å². The normalized spacial score (nSPS) is 11.4. The number of rotatable bonds is 7. The predicted octanol–water partition coefficient (Wildman–Crippen LogP) is 3.07. The van der Waals surface area contributed by atoms with Crippen LogP contribution in [-0.2, 0) is 11.2 Å². The molecule has 0 radical (unpaired) electrons. The molecule has 0 saturated carbocycles. The third kappa shape index (κ3) is 5.82. The Bertz CT molecular complexity index is 1050. The third-order valence-electron chi connectivity index (χ3n) is 3.93. The molecule has 154 valence electrons. The number of aromatic nitrogens is 2. The summed E-state index contributed by atoms with van der Waals surface area (Å²) in [5, 5.41) is 27.3. The number of carbonyl (C=O) groups is 2. The van der Waals surface area contributed by atoms with Crippen LogP contribution in [0.25, 0.3) is 0 Å². The maximum atomic E-state index is 12.2. The van der Waals surface area contributed by atoms with Crippen LogP contribution in [0.1, 0.15) is 11.4 Å². The van der Waals surface area contributed by atoms with Gasteiger partial charge in [-0.05, 0) is 29.8 Å². The lowest BCUT2D eigenvalue weighted by Gasteiger charge is -2.17. The van der Waals surface area contributed by atoms with Crippen LogP contribution >= 0.6 is 11.6 Å². The highest BCUT2D eigenvalue weighted by atomic mass is 35.5. The number of nitrogens with one attached hydrogen (secondary N) is 3. The highest BCUT2D eigenvalue weighted by molar-refractivity contribution is 6.30. The molecule has 3 rings (SSSR count). The van der Waals surface area contributed by atoms with Gasteiger partial charge in [0.1, 0.15) is 11.5 Å². The predicted molar refractivity (Wildman–Crippen MR) is 112 cm³/mol. The van der Waals surface area contributed by atoms with E-state index < -0.39 is 24.0 Å². The number of carboxylic acid groups (broad SMARTS) is 1. The van der Waals surface area contributed by atoms with Gasteiger partial charge in [0.25, 0.3) is 0 Å². The van der Waals surface area contributed by atoms with Crippen LogP contribution in [0.3, 0.4) is 0 Å². The first kappa shape index (κ1) is 20.9. The second-order valence-electron chi connectivity index (χ2n) is 6.21. The minimum atomic E-state index is -1.39. The summed E-state index contributed by atoms with van der Waals surface area (Å²) in [4.78, 5) is 31.7. The van der Waals surface area contributed by atoms with E-state index in [2.05, 4.69) is 25.9 Å². The van der Waals surface area contributed by atoms with Crippen molar-refractivity contribution in [3.05, 3.63) is 77.2 Å². The van der Waals surface area contributed by atoms with E-state index in [0.29, 0.717) is 23.0 Å². The molecule has 2 aromatic carbocycles. The number of halogens is 1. The Labute approximate surface area is 176 Å². The number of anilines is 2. The summed E-state index contributed by atoms with van der Waals surface area (Å²) >= 11 is 5.95. The number of carbonyl (C=O) groups excluding carboxylic acids is 1. The van der Waals surface area contributed by atoms with Crippen molar-refractivity contribution >= 4 is 35.0 Å². The van der Waals surface area contributed by atoms with E-state index in [1.165, 1.54) is 6.20 Å². The van der Waals surface area contributed by atoms with E-state index in [4.69, 9.17) is 11.6 Å². The van der Waals surface area contributed by atoms with Gasteiger partial charge in [0.05, 0.1) is 6.20 Å². The third-order valence-corrected chi connectivity index (χ3v) is 4.16. The fraction of sp³-hybridized carbons (Fsp3) is 0.100. The molecule has 1 aromatic heterocycles. The number of benzene rings is 2. The van der Waals surface area contributed by atoms with E-state index in [1.54, 1.807) is 48.5 Å². The first-order chi connectivity index (χ1) is 14.4. The fourth-order valence-electron chi connectivity index (χ4n) is 2.56. The lowest BCUT2D eigenvalue weighted by Crippen LogP contribution is -2.47. The molecular weight excluding hydrogens is 410 g/mol. The maximum Gasteiger partial charge on any atom is 0.347 e. The monoisotopic (exact) mass is 427 g/mol. The fourth-order valence-corrected chi connectivity index (χ4v) is 2.77. The molecule has 9 nitrogen and oxygen atoms in total. The first-order valence-corrected chi connectivity index (χ1v) is 9.20. The average molecular weight is 428 g/mol. The van der Waals surface area contributed by atoms with Crippen molar-refractivity contribution in [3.63, 3.8) is 0 Å². The number of aliphatic carboxylic acids is 1. The summed E-state index contributed by atoms with van der Waals surface area (Å²) in [6.07, 6.45) is 0.183. The number of hydrogen-bond donors (Lipinski definition) is 5. The Kier molecular flexibility index (Phi) is 6.66. The molecule has 3 aromatic rings. The lowest BCUT2D eigenvalue weighted by atomic mass is 10.1. The van der Waals surface area contributed by atoms with Crippen LogP contribution < -0.4 is 16.0 Å². The topological polar surface area (TPSA) is 136 Å². The first-order valence-electron chi connectivity index (χ1n) is 8.82. The molecule has 0 saturated heterocycles. The molecule has 0 spiro atoms. The molecule has 0 aliphatic heterocycles. The van der Waals surface area contributed by atoms with Crippen LogP contribution in [0.5, 0.6) is 5.88 Å². The number of carboxylic acids is 1. The molecule has 30 heavy (non-hydrogen) atoms. The second kappa shape index (κ2) is 9.57. The summed E-state index contributed by atoms with van der Waals surface area (Å²) in [5.41, 5.74) is 1.31. The van der Waals surface area contributed by atoms with Gasteiger partial charge in [-0.1, -0.05) is 41.9 Å². The quantitative estimate of drug-likeness (QED) is 0.365. The smallest absolute Gasteiger partial charge is 0.347 e. The van der Waals surface area contributed by atoms with Gasteiger partial charge in [0, 0.05) is 17.1 Å². The minimum absolute atomic E-state index is 0.0637. The SMILES string of the molecule is O=C(Nc1cnc(Cc2cccc(Cl)c2)nc1O)N[C@H](Nc1ccccc1)C(=O)O. The van der Waals surface area contributed by atoms with Gasteiger partial charge < -0.3 is 26.2 Å². The molecular formula is C20H18ClN5O4. The second-order valence-corrected chi connectivity index (χ2v) is 6.65. The number of para-hydroxylation sites is 1. The number of urea groups is 1. The Hall–Kier alpha value is -3.85. The van der Waals surface area contributed by atoms with Crippen LogP contribution in [0.2, 0.25) is 5.02 Å². The van der Waals surface area contributed by atoms with Gasteiger partial charge in [-0.3, -0.25) is 0 Å². The number of hydrogen-bond acceptors (Lipinski definition) is 6. The molecule has 1 atom stereocenters. The molecule has 0 bridgehead atoms. The van der Waals surface area contributed by atoms with Crippen LogP contribution in [0.4, 0.5) is 16.2 Å². The molecule has 0 unspecified atom stereocenters. The Morgan fingerprint density at radius 3 is 2.53 bits per heavy atom. The summed E-state index contributed by atoms with van der Waals surface area (Å²) in [5.74, 6) is -1.40. The Morgan fingerprint density at radius 1 is 1.10 bits per heavy atom. The molecule has 2 amide bonds. The summed E-state index contributed by atoms with van der Waals surface area (Å²) < 4.78 is 0. The highest BCUT2D eigenvalue weighted by Gasteiger charge is 2.20. The van der Waals surface area contributed by atoms with Gasteiger partial charge in [-0.2, -0.15) is 4.98 Å².